The SMILES string of the molecule is CC(CCN)N(C)C(=O)c1ccc2ncccc2c1. The van der Waals surface area contributed by atoms with E-state index in [-0.39, 0.29) is 11.9 Å². The maximum Gasteiger partial charge on any atom is 0.253 e. The van der Waals surface area contributed by atoms with Crippen LogP contribution in [-0.2, 0) is 0 Å². The Balaban J connectivity index is 2.26. The van der Waals surface area contributed by atoms with Crippen molar-refractivity contribution in [1.82, 2.24) is 9.88 Å². The van der Waals surface area contributed by atoms with Gasteiger partial charge in [0.15, 0.2) is 0 Å². The van der Waals surface area contributed by atoms with Crippen molar-refractivity contribution in [2.24, 2.45) is 5.73 Å². The Labute approximate surface area is 113 Å². The summed E-state index contributed by atoms with van der Waals surface area (Å²) in [5.74, 6) is 0.0201. The molecule has 1 heterocycles. The standard InChI is InChI=1S/C15H19N3O/c1-11(7-8-16)18(2)15(19)13-5-6-14-12(10-13)4-3-9-17-14/h3-6,9-11H,7-8,16H2,1-2H3. The van der Waals surface area contributed by atoms with Crippen molar-refractivity contribution in [3.63, 3.8) is 0 Å². The Kier molecular flexibility index (Phi) is 4.12. The third-order valence-corrected chi connectivity index (χ3v) is 3.42. The fourth-order valence-corrected chi connectivity index (χ4v) is 2.05. The molecule has 0 aliphatic rings. The van der Waals surface area contributed by atoms with Crippen LogP contribution < -0.4 is 5.73 Å². The first-order valence-electron chi connectivity index (χ1n) is 6.45. The second-order valence-corrected chi connectivity index (χ2v) is 4.75. The van der Waals surface area contributed by atoms with Crippen LogP contribution in [0, 0.1) is 0 Å². The number of rotatable bonds is 4. The lowest BCUT2D eigenvalue weighted by Crippen LogP contribution is -2.36. The number of aromatic nitrogens is 1. The molecule has 2 rings (SSSR count). The third kappa shape index (κ3) is 2.90. The van der Waals surface area contributed by atoms with Gasteiger partial charge in [-0.05, 0) is 44.2 Å². The largest absolute Gasteiger partial charge is 0.339 e. The van der Waals surface area contributed by atoms with Crippen LogP contribution in [0.5, 0.6) is 0 Å². The lowest BCUT2D eigenvalue weighted by Gasteiger charge is -2.24. The number of amides is 1. The molecule has 1 amide bonds. The normalized spacial score (nSPS) is 12.4. The van der Waals surface area contributed by atoms with Gasteiger partial charge in [-0.2, -0.15) is 0 Å². The monoisotopic (exact) mass is 257 g/mol. The molecule has 19 heavy (non-hydrogen) atoms. The summed E-state index contributed by atoms with van der Waals surface area (Å²) in [6, 6.07) is 9.56. The average molecular weight is 257 g/mol. The molecule has 2 N–H and O–H groups in total. The molecule has 0 aliphatic heterocycles. The van der Waals surface area contributed by atoms with E-state index in [0.29, 0.717) is 12.1 Å². The first-order chi connectivity index (χ1) is 9.13. The van der Waals surface area contributed by atoms with Gasteiger partial charge in [0.1, 0.15) is 0 Å². The zero-order valence-electron chi connectivity index (χ0n) is 11.3. The number of fused-ring (bicyclic) bond motifs is 1. The van der Waals surface area contributed by atoms with Crippen LogP contribution in [-0.4, -0.2) is 35.4 Å². The number of benzene rings is 1. The molecule has 2 aromatic rings. The Hall–Kier alpha value is -1.94. The van der Waals surface area contributed by atoms with Gasteiger partial charge >= 0.3 is 0 Å². The number of carbonyl (C=O) groups is 1. The molecule has 1 atom stereocenters. The average Bonchev–Trinajstić information content (AvgIpc) is 2.45. The fraction of sp³-hybridized carbons (Fsp3) is 0.333. The van der Waals surface area contributed by atoms with Gasteiger partial charge in [-0.1, -0.05) is 6.07 Å². The summed E-state index contributed by atoms with van der Waals surface area (Å²) in [7, 11) is 1.82. The van der Waals surface area contributed by atoms with Crippen LogP contribution in [0.4, 0.5) is 0 Å². The van der Waals surface area contributed by atoms with Crippen molar-refractivity contribution in [3.8, 4) is 0 Å². The molecule has 100 valence electrons. The van der Waals surface area contributed by atoms with E-state index in [4.69, 9.17) is 5.73 Å². The van der Waals surface area contributed by atoms with Gasteiger partial charge in [-0.25, -0.2) is 0 Å². The number of hydrogen-bond acceptors (Lipinski definition) is 3. The zero-order chi connectivity index (χ0) is 13.8. The molecule has 1 unspecified atom stereocenters. The predicted molar refractivity (Wildman–Crippen MR) is 77.0 cm³/mol. The summed E-state index contributed by atoms with van der Waals surface area (Å²) >= 11 is 0. The lowest BCUT2D eigenvalue weighted by atomic mass is 10.1. The first kappa shape index (κ1) is 13.5. The summed E-state index contributed by atoms with van der Waals surface area (Å²) < 4.78 is 0. The van der Waals surface area contributed by atoms with Crippen LogP contribution in [0.3, 0.4) is 0 Å². The molecule has 0 aliphatic carbocycles. The quantitative estimate of drug-likeness (QED) is 0.912. The van der Waals surface area contributed by atoms with E-state index in [0.717, 1.165) is 17.3 Å². The minimum atomic E-state index is 0.0201. The first-order valence-corrected chi connectivity index (χ1v) is 6.45. The highest BCUT2D eigenvalue weighted by Crippen LogP contribution is 2.15. The van der Waals surface area contributed by atoms with E-state index in [1.54, 1.807) is 11.1 Å². The minimum absolute atomic E-state index is 0.0201. The number of nitrogens with two attached hydrogens (primary N) is 1. The van der Waals surface area contributed by atoms with Crippen molar-refractivity contribution < 1.29 is 4.79 Å². The van der Waals surface area contributed by atoms with Crippen LogP contribution in [0.25, 0.3) is 10.9 Å². The molecular weight excluding hydrogens is 238 g/mol. The van der Waals surface area contributed by atoms with Crippen LogP contribution in [0.2, 0.25) is 0 Å². The molecule has 4 nitrogen and oxygen atoms in total. The van der Waals surface area contributed by atoms with E-state index in [1.165, 1.54) is 0 Å². The van der Waals surface area contributed by atoms with Crippen LogP contribution in [0.15, 0.2) is 36.5 Å². The number of pyridine rings is 1. The number of carbonyl (C=O) groups excluding carboxylic acids is 1. The molecule has 0 fully saturated rings. The van der Waals surface area contributed by atoms with Crippen molar-refractivity contribution >= 4 is 16.8 Å². The maximum atomic E-state index is 12.4. The second-order valence-electron chi connectivity index (χ2n) is 4.75. The zero-order valence-corrected chi connectivity index (χ0v) is 11.3. The predicted octanol–water partition coefficient (Wildman–Crippen LogP) is 2.04. The van der Waals surface area contributed by atoms with Gasteiger partial charge < -0.3 is 10.6 Å². The highest BCUT2D eigenvalue weighted by molar-refractivity contribution is 5.97. The van der Waals surface area contributed by atoms with Gasteiger partial charge in [0.05, 0.1) is 5.52 Å². The number of nitrogens with zero attached hydrogens (tertiary/aromatic N) is 2. The van der Waals surface area contributed by atoms with E-state index < -0.39 is 0 Å². The van der Waals surface area contributed by atoms with Crippen LogP contribution >= 0.6 is 0 Å². The topological polar surface area (TPSA) is 59.2 Å². The Bertz CT molecular complexity index is 582. The Morgan fingerprint density at radius 1 is 1.42 bits per heavy atom. The molecule has 0 spiro atoms. The smallest absolute Gasteiger partial charge is 0.253 e. The third-order valence-electron chi connectivity index (χ3n) is 3.42. The summed E-state index contributed by atoms with van der Waals surface area (Å²) in [4.78, 5) is 18.4. The van der Waals surface area contributed by atoms with E-state index in [1.807, 2.05) is 44.3 Å². The van der Waals surface area contributed by atoms with Crippen molar-refractivity contribution in [2.45, 2.75) is 19.4 Å². The summed E-state index contributed by atoms with van der Waals surface area (Å²) in [5.41, 5.74) is 7.12. The van der Waals surface area contributed by atoms with Crippen LogP contribution in [0.1, 0.15) is 23.7 Å². The van der Waals surface area contributed by atoms with Gasteiger partial charge in [-0.15, -0.1) is 0 Å². The highest BCUT2D eigenvalue weighted by Gasteiger charge is 2.17. The van der Waals surface area contributed by atoms with Gasteiger partial charge in [-0.3, -0.25) is 9.78 Å². The lowest BCUT2D eigenvalue weighted by molar-refractivity contribution is 0.0739. The Morgan fingerprint density at radius 3 is 2.95 bits per heavy atom. The summed E-state index contributed by atoms with van der Waals surface area (Å²) in [6.45, 7) is 2.59. The van der Waals surface area contributed by atoms with E-state index in [2.05, 4.69) is 4.98 Å². The van der Waals surface area contributed by atoms with E-state index in [9.17, 15) is 4.79 Å². The summed E-state index contributed by atoms with van der Waals surface area (Å²) in [5, 5.41) is 0.980. The second kappa shape index (κ2) is 5.80. The van der Waals surface area contributed by atoms with Crippen molar-refractivity contribution in [1.29, 1.82) is 0 Å². The molecule has 0 radical (unpaired) electrons. The van der Waals surface area contributed by atoms with Gasteiger partial charge in [0, 0.05) is 30.2 Å². The molecule has 0 bridgehead atoms. The fourth-order valence-electron chi connectivity index (χ4n) is 2.05. The maximum absolute atomic E-state index is 12.4. The van der Waals surface area contributed by atoms with Crippen molar-refractivity contribution in [2.75, 3.05) is 13.6 Å². The molecule has 1 aromatic carbocycles. The Morgan fingerprint density at radius 2 is 2.21 bits per heavy atom. The molecule has 0 saturated heterocycles. The van der Waals surface area contributed by atoms with E-state index >= 15 is 0 Å². The molecule has 4 heteroatoms. The van der Waals surface area contributed by atoms with Gasteiger partial charge in [0.25, 0.3) is 5.91 Å². The van der Waals surface area contributed by atoms with Gasteiger partial charge in [0.2, 0.25) is 0 Å². The number of hydrogen-bond donors (Lipinski definition) is 1. The minimum Gasteiger partial charge on any atom is -0.339 e. The molecular formula is C15H19N3O. The highest BCUT2D eigenvalue weighted by atomic mass is 16.2. The summed E-state index contributed by atoms with van der Waals surface area (Å²) in [6.07, 6.45) is 2.55. The van der Waals surface area contributed by atoms with Crippen molar-refractivity contribution in [3.05, 3.63) is 42.1 Å². The molecule has 1 aromatic heterocycles. The molecule has 0 saturated carbocycles.